The number of rotatable bonds is 6. The lowest BCUT2D eigenvalue weighted by atomic mass is 9.95. The summed E-state index contributed by atoms with van der Waals surface area (Å²) in [5, 5.41) is 14.9. The van der Waals surface area contributed by atoms with Crippen molar-refractivity contribution >= 4 is 11.9 Å². The maximum absolute atomic E-state index is 13.1. The highest BCUT2D eigenvalue weighted by atomic mass is 16.5. The first-order valence-corrected chi connectivity index (χ1v) is 9.37. The fourth-order valence-corrected chi connectivity index (χ4v) is 3.36. The van der Waals surface area contributed by atoms with Crippen molar-refractivity contribution in [3.8, 4) is 5.75 Å². The van der Waals surface area contributed by atoms with Crippen LogP contribution in [0.2, 0.25) is 0 Å². The molecule has 4 rings (SSSR count). The van der Waals surface area contributed by atoms with Gasteiger partial charge in [0.2, 0.25) is 5.95 Å². The van der Waals surface area contributed by atoms with Crippen LogP contribution in [-0.2, 0) is 16.1 Å². The number of hydrogen-bond acceptors (Lipinski definition) is 7. The Balaban J connectivity index is 1.71. The molecule has 0 saturated heterocycles. The number of allylic oxidation sites excluding steroid dienone is 1. The van der Waals surface area contributed by atoms with Crippen LogP contribution >= 0.6 is 0 Å². The number of ether oxygens (including phenoxy) is 2. The lowest BCUT2D eigenvalue weighted by Gasteiger charge is -2.28. The molecule has 29 heavy (non-hydrogen) atoms. The van der Waals surface area contributed by atoms with Gasteiger partial charge in [-0.25, -0.2) is 4.79 Å². The zero-order valence-corrected chi connectivity index (χ0v) is 16.2. The van der Waals surface area contributed by atoms with Gasteiger partial charge in [0.1, 0.15) is 18.4 Å². The van der Waals surface area contributed by atoms with Crippen LogP contribution in [0.5, 0.6) is 5.75 Å². The molecule has 148 valence electrons. The van der Waals surface area contributed by atoms with Gasteiger partial charge in [-0.15, -0.1) is 0 Å². The molecule has 2 heterocycles. The number of hydrogen-bond donors (Lipinski definition) is 1. The van der Waals surface area contributed by atoms with Gasteiger partial charge in [0.05, 0.1) is 12.2 Å². The Hall–Kier alpha value is -3.68. The van der Waals surface area contributed by atoms with Gasteiger partial charge in [-0.05, 0) is 35.9 Å². The van der Waals surface area contributed by atoms with E-state index in [9.17, 15) is 4.79 Å². The fourth-order valence-electron chi connectivity index (χ4n) is 3.36. The summed E-state index contributed by atoms with van der Waals surface area (Å²) in [6, 6.07) is 16.6. The van der Waals surface area contributed by atoms with Crippen LogP contribution in [0.4, 0.5) is 5.95 Å². The maximum atomic E-state index is 13.1. The lowest BCUT2D eigenvalue weighted by Crippen LogP contribution is -2.30. The number of anilines is 1. The van der Waals surface area contributed by atoms with Gasteiger partial charge in [0, 0.05) is 11.3 Å². The Labute approximate surface area is 168 Å². The van der Waals surface area contributed by atoms with Crippen molar-refractivity contribution in [2.75, 3.05) is 11.9 Å². The third-order valence-electron chi connectivity index (χ3n) is 4.66. The summed E-state index contributed by atoms with van der Waals surface area (Å²) in [7, 11) is 0. The summed E-state index contributed by atoms with van der Waals surface area (Å²) in [4.78, 5) is 13.1. The topological polar surface area (TPSA) is 91.2 Å². The second-order valence-electron chi connectivity index (χ2n) is 6.55. The molecule has 8 heteroatoms. The Bertz CT molecular complexity index is 1050. The molecule has 1 unspecified atom stereocenters. The number of aromatic nitrogens is 4. The van der Waals surface area contributed by atoms with Gasteiger partial charge >= 0.3 is 5.97 Å². The minimum Gasteiger partial charge on any atom is -0.494 e. The van der Waals surface area contributed by atoms with Crippen LogP contribution in [0.15, 0.2) is 65.9 Å². The molecule has 2 aromatic carbocycles. The molecule has 1 atom stereocenters. The molecule has 0 saturated carbocycles. The van der Waals surface area contributed by atoms with Crippen molar-refractivity contribution < 1.29 is 14.3 Å². The lowest BCUT2D eigenvalue weighted by molar-refractivity contribution is -0.140. The first-order chi connectivity index (χ1) is 14.2. The number of fused-ring (bicyclic) bond motifs is 1. The minimum atomic E-state index is -0.563. The van der Waals surface area contributed by atoms with Crippen molar-refractivity contribution in [2.24, 2.45) is 0 Å². The summed E-state index contributed by atoms with van der Waals surface area (Å²) in [5.74, 6) is 0.694. The molecule has 0 bridgehead atoms. The second-order valence-corrected chi connectivity index (χ2v) is 6.55. The molecular weight excluding hydrogens is 370 g/mol. The molecule has 0 aliphatic carbocycles. The number of tetrazole rings is 1. The number of nitrogens with zero attached hydrogens (tertiary/aromatic N) is 4. The fraction of sp³-hybridized carbons (Fsp3) is 0.238. The van der Waals surface area contributed by atoms with Gasteiger partial charge in [-0.1, -0.05) is 53.6 Å². The van der Waals surface area contributed by atoms with Crippen molar-refractivity contribution in [2.45, 2.75) is 26.5 Å². The Morgan fingerprint density at radius 3 is 2.69 bits per heavy atom. The molecule has 0 amide bonds. The number of esters is 1. The third kappa shape index (κ3) is 3.69. The highest BCUT2D eigenvalue weighted by Gasteiger charge is 2.36. The highest BCUT2D eigenvalue weighted by molar-refractivity contribution is 5.92. The molecule has 1 aromatic heterocycles. The average molecular weight is 391 g/mol. The van der Waals surface area contributed by atoms with E-state index in [4.69, 9.17) is 9.47 Å². The predicted molar refractivity (Wildman–Crippen MR) is 106 cm³/mol. The van der Waals surface area contributed by atoms with Crippen molar-refractivity contribution in [1.29, 1.82) is 0 Å². The van der Waals surface area contributed by atoms with E-state index in [1.807, 2.05) is 68.4 Å². The van der Waals surface area contributed by atoms with Gasteiger partial charge in [-0.3, -0.25) is 0 Å². The largest absolute Gasteiger partial charge is 0.494 e. The van der Waals surface area contributed by atoms with E-state index in [1.165, 1.54) is 0 Å². The standard InChI is InChI=1S/C21H21N5O3/c1-3-28-17-12-8-7-11-16(17)19-18(14(2)22-21-23-24-25-26(19)21)20(27)29-13-15-9-5-4-6-10-15/h4-12,19H,3,13H2,1-2H3,(H,22,23,25). The van der Waals surface area contributed by atoms with Gasteiger partial charge in [-0.2, -0.15) is 4.68 Å². The van der Waals surface area contributed by atoms with E-state index in [0.717, 1.165) is 11.1 Å². The van der Waals surface area contributed by atoms with E-state index < -0.39 is 12.0 Å². The summed E-state index contributed by atoms with van der Waals surface area (Å²) in [6.45, 7) is 4.41. The Kier molecular flexibility index (Phi) is 5.24. The first kappa shape index (κ1) is 18.7. The van der Waals surface area contributed by atoms with Gasteiger partial charge < -0.3 is 14.8 Å². The molecule has 0 spiro atoms. The Morgan fingerprint density at radius 2 is 1.90 bits per heavy atom. The van der Waals surface area contributed by atoms with Crippen LogP contribution in [0.3, 0.4) is 0 Å². The molecule has 3 aromatic rings. The zero-order valence-electron chi connectivity index (χ0n) is 16.2. The number of benzene rings is 2. The predicted octanol–water partition coefficient (Wildman–Crippen LogP) is 3.10. The van der Waals surface area contributed by atoms with Crippen LogP contribution in [0.1, 0.15) is 31.0 Å². The van der Waals surface area contributed by atoms with Crippen molar-refractivity contribution in [3.05, 3.63) is 77.0 Å². The average Bonchev–Trinajstić information content (AvgIpc) is 3.20. The molecule has 0 fully saturated rings. The van der Waals surface area contributed by atoms with Gasteiger partial charge in [0.15, 0.2) is 0 Å². The maximum Gasteiger partial charge on any atom is 0.338 e. The monoisotopic (exact) mass is 391 g/mol. The number of para-hydroxylation sites is 1. The number of carbonyl (C=O) groups is 1. The van der Waals surface area contributed by atoms with Crippen molar-refractivity contribution in [1.82, 2.24) is 20.2 Å². The third-order valence-corrected chi connectivity index (χ3v) is 4.66. The highest BCUT2D eigenvalue weighted by Crippen LogP contribution is 2.38. The van der Waals surface area contributed by atoms with Gasteiger partial charge in [0.25, 0.3) is 0 Å². The molecular formula is C21H21N5O3. The molecule has 8 nitrogen and oxygen atoms in total. The molecule has 0 radical (unpaired) electrons. The number of carbonyl (C=O) groups excluding carboxylic acids is 1. The number of nitrogens with one attached hydrogen (secondary N) is 1. The second kappa shape index (κ2) is 8.14. The first-order valence-electron chi connectivity index (χ1n) is 9.37. The Morgan fingerprint density at radius 1 is 1.14 bits per heavy atom. The quantitative estimate of drug-likeness (QED) is 0.646. The van der Waals surface area contributed by atoms with E-state index >= 15 is 0 Å². The smallest absolute Gasteiger partial charge is 0.338 e. The van der Waals surface area contributed by atoms with E-state index in [0.29, 0.717) is 29.6 Å². The normalized spacial score (nSPS) is 15.4. The van der Waals surface area contributed by atoms with E-state index in [-0.39, 0.29) is 6.61 Å². The SMILES string of the molecule is CCOc1ccccc1C1C(C(=O)OCc2ccccc2)=C(C)Nc2nnnn21. The summed E-state index contributed by atoms with van der Waals surface area (Å²) in [5.41, 5.74) is 2.78. The minimum absolute atomic E-state index is 0.179. The summed E-state index contributed by atoms with van der Waals surface area (Å²) < 4.78 is 13.0. The van der Waals surface area contributed by atoms with Crippen LogP contribution in [0, 0.1) is 0 Å². The summed E-state index contributed by atoms with van der Waals surface area (Å²) >= 11 is 0. The molecule has 1 aliphatic rings. The van der Waals surface area contributed by atoms with Crippen LogP contribution in [0.25, 0.3) is 0 Å². The van der Waals surface area contributed by atoms with E-state index in [1.54, 1.807) is 4.68 Å². The summed E-state index contributed by atoms with van der Waals surface area (Å²) in [6.07, 6.45) is 0. The molecule has 1 aliphatic heterocycles. The molecule has 1 N–H and O–H groups in total. The van der Waals surface area contributed by atoms with Crippen LogP contribution < -0.4 is 10.1 Å². The van der Waals surface area contributed by atoms with Crippen molar-refractivity contribution in [3.63, 3.8) is 0 Å². The van der Waals surface area contributed by atoms with E-state index in [2.05, 4.69) is 20.8 Å². The van der Waals surface area contributed by atoms with Crippen LogP contribution in [-0.4, -0.2) is 32.8 Å². The zero-order chi connectivity index (χ0) is 20.2.